The minimum atomic E-state index is -1.14. The Morgan fingerprint density at radius 1 is 0.944 bits per heavy atom. The van der Waals surface area contributed by atoms with Gasteiger partial charge in [0.1, 0.15) is 23.4 Å². The van der Waals surface area contributed by atoms with Gasteiger partial charge in [0.25, 0.3) is 0 Å². The Morgan fingerprint density at radius 2 is 1.50 bits per heavy atom. The van der Waals surface area contributed by atoms with Crippen molar-refractivity contribution in [3.05, 3.63) is 22.3 Å². The molecule has 5 atom stereocenters. The monoisotopic (exact) mass is 767 g/mol. The number of nitrogens with one attached hydrogen (secondary N) is 3. The highest BCUT2D eigenvalue weighted by Gasteiger charge is 2.49. The largest absolute Gasteiger partial charge is 0.478 e. The second-order valence-corrected chi connectivity index (χ2v) is 15.5. The summed E-state index contributed by atoms with van der Waals surface area (Å²) in [4.78, 5) is 58.9. The predicted octanol–water partition coefficient (Wildman–Crippen LogP) is 5.69. The molecule has 0 saturated carbocycles. The number of esters is 1. The molecule has 18 nitrogen and oxygen atoms in total. The van der Waals surface area contributed by atoms with Crippen LogP contribution < -0.4 is 16.0 Å². The molecule has 0 aromatic heterocycles. The van der Waals surface area contributed by atoms with Crippen molar-refractivity contribution in [3.8, 4) is 0 Å². The van der Waals surface area contributed by atoms with E-state index >= 15 is 0 Å². The number of carbonyl (C=O) groups is 4. The molecular weight excluding hydrogens is 706 g/mol. The molecule has 0 aliphatic carbocycles. The molecule has 0 radical (unpaired) electrons. The first-order chi connectivity index (χ1) is 25.2. The molecular formula is C36H61N7O11. The number of azide groups is 1. The molecule has 306 valence electrons. The van der Waals surface area contributed by atoms with Crippen LogP contribution in [0, 0.1) is 0 Å². The fourth-order valence-corrected chi connectivity index (χ4v) is 5.67. The predicted molar refractivity (Wildman–Crippen MR) is 198 cm³/mol. The van der Waals surface area contributed by atoms with E-state index in [1.807, 2.05) is 0 Å². The van der Waals surface area contributed by atoms with Crippen LogP contribution in [-0.4, -0.2) is 104 Å². The summed E-state index contributed by atoms with van der Waals surface area (Å²) < 4.78 is 40.6. The van der Waals surface area contributed by atoms with Crippen LogP contribution in [0.15, 0.2) is 21.9 Å². The van der Waals surface area contributed by atoms with Gasteiger partial charge in [-0.3, -0.25) is 15.4 Å². The molecule has 54 heavy (non-hydrogen) atoms. The summed E-state index contributed by atoms with van der Waals surface area (Å²) in [6.07, 6.45) is 4.49. The van der Waals surface area contributed by atoms with E-state index in [0.717, 1.165) is 44.9 Å². The number of alkyl carbamates (subject to hydrolysis) is 2. The van der Waals surface area contributed by atoms with Crippen LogP contribution in [0.1, 0.15) is 114 Å². The van der Waals surface area contributed by atoms with Gasteiger partial charge in [-0.25, -0.2) is 19.4 Å². The van der Waals surface area contributed by atoms with Gasteiger partial charge >= 0.3 is 18.2 Å². The average molecular weight is 768 g/mol. The zero-order chi connectivity index (χ0) is 40.5. The third-order valence-corrected chi connectivity index (χ3v) is 7.83. The Balaban J connectivity index is 2.44. The van der Waals surface area contributed by atoms with Crippen molar-refractivity contribution in [2.75, 3.05) is 26.9 Å². The molecule has 1 fully saturated rings. The summed E-state index contributed by atoms with van der Waals surface area (Å²) in [5.41, 5.74) is 6.62. The van der Waals surface area contributed by atoms with Crippen LogP contribution >= 0.6 is 0 Å². The molecule has 3 amide bonds. The third-order valence-electron chi connectivity index (χ3n) is 7.83. The van der Waals surface area contributed by atoms with Crippen LogP contribution in [0.4, 0.5) is 9.59 Å². The lowest BCUT2D eigenvalue weighted by molar-refractivity contribution is -0.179. The molecule has 0 aromatic rings. The van der Waals surface area contributed by atoms with Gasteiger partial charge in [-0.05, 0) is 79.8 Å². The van der Waals surface area contributed by atoms with Crippen molar-refractivity contribution in [1.29, 1.82) is 0 Å². The molecule has 2 heterocycles. The number of unbranched alkanes of at least 4 members (excludes halogenated alkanes) is 7. The molecule has 0 unspecified atom stereocenters. The number of rotatable bonds is 17. The van der Waals surface area contributed by atoms with Crippen molar-refractivity contribution in [2.24, 2.45) is 10.1 Å². The minimum absolute atomic E-state index is 0.126. The lowest BCUT2D eigenvalue weighted by Gasteiger charge is -2.41. The van der Waals surface area contributed by atoms with Gasteiger partial charge in [0.2, 0.25) is 17.6 Å². The molecule has 0 aromatic carbocycles. The highest BCUT2D eigenvalue weighted by Crippen LogP contribution is 2.33. The van der Waals surface area contributed by atoms with Crippen molar-refractivity contribution in [1.82, 2.24) is 16.0 Å². The fourth-order valence-electron chi connectivity index (χ4n) is 5.67. The molecule has 18 heteroatoms. The maximum atomic E-state index is 13.0. The Hall–Kier alpha value is -4.12. The number of guanidine groups is 1. The number of ether oxygens (including phenoxy) is 7. The number of hydrogen-bond donors (Lipinski definition) is 3. The number of methoxy groups -OCH3 is 1. The van der Waals surface area contributed by atoms with Gasteiger partial charge < -0.3 is 38.5 Å². The maximum absolute atomic E-state index is 13.0. The van der Waals surface area contributed by atoms with Crippen molar-refractivity contribution < 1.29 is 52.3 Å². The Kier molecular flexibility index (Phi) is 18.5. The van der Waals surface area contributed by atoms with Crippen molar-refractivity contribution >= 4 is 30.0 Å². The van der Waals surface area contributed by atoms with Crippen LogP contribution in [0.25, 0.3) is 10.4 Å². The summed E-state index contributed by atoms with van der Waals surface area (Å²) >= 11 is 0. The first-order valence-corrected chi connectivity index (χ1v) is 18.5. The lowest BCUT2D eigenvalue weighted by atomic mass is 9.92. The summed E-state index contributed by atoms with van der Waals surface area (Å²) in [5.74, 6) is -2.85. The second-order valence-electron chi connectivity index (χ2n) is 15.5. The highest BCUT2D eigenvalue weighted by atomic mass is 16.8. The molecule has 1 saturated heterocycles. The van der Waals surface area contributed by atoms with Gasteiger partial charge in [0, 0.05) is 25.0 Å². The molecule has 2 aliphatic heterocycles. The van der Waals surface area contributed by atoms with E-state index in [2.05, 4.69) is 31.0 Å². The second kappa shape index (κ2) is 21.7. The van der Waals surface area contributed by atoms with E-state index in [1.54, 1.807) is 55.4 Å². The summed E-state index contributed by atoms with van der Waals surface area (Å²) in [6.45, 7) is 15.8. The Morgan fingerprint density at radius 3 is 1.98 bits per heavy atom. The van der Waals surface area contributed by atoms with Gasteiger partial charge in [0.15, 0.2) is 11.9 Å². The summed E-state index contributed by atoms with van der Waals surface area (Å²) in [7, 11) is 1.19. The molecule has 2 aliphatic rings. The van der Waals surface area contributed by atoms with E-state index in [1.165, 1.54) is 20.1 Å². The third kappa shape index (κ3) is 17.8. The zero-order valence-electron chi connectivity index (χ0n) is 33.5. The number of amides is 3. The van der Waals surface area contributed by atoms with E-state index in [0.29, 0.717) is 19.6 Å². The first kappa shape index (κ1) is 46.0. The van der Waals surface area contributed by atoms with Crippen molar-refractivity contribution in [3.63, 3.8) is 0 Å². The van der Waals surface area contributed by atoms with E-state index in [-0.39, 0.29) is 18.3 Å². The Labute approximate surface area is 318 Å². The van der Waals surface area contributed by atoms with Crippen molar-refractivity contribution in [2.45, 2.75) is 161 Å². The van der Waals surface area contributed by atoms with E-state index in [4.69, 9.17) is 38.7 Å². The number of hydrogen-bond acceptors (Lipinski definition) is 13. The summed E-state index contributed by atoms with van der Waals surface area (Å²) in [5, 5.41) is 11.3. The Bertz CT molecular complexity index is 1340. The van der Waals surface area contributed by atoms with Gasteiger partial charge in [-0.15, -0.1) is 0 Å². The highest BCUT2D eigenvalue weighted by molar-refractivity contribution is 6.01. The van der Waals surface area contributed by atoms with Gasteiger partial charge in [-0.2, -0.15) is 0 Å². The van der Waals surface area contributed by atoms with Crippen LogP contribution in [0.2, 0.25) is 0 Å². The molecule has 3 N–H and O–H groups in total. The van der Waals surface area contributed by atoms with Gasteiger partial charge in [0.05, 0.1) is 25.8 Å². The fraction of sp³-hybridized carbons (Fsp3) is 0.806. The van der Waals surface area contributed by atoms with Crippen LogP contribution in [0.3, 0.4) is 0 Å². The first-order valence-electron chi connectivity index (χ1n) is 18.5. The topological polar surface area (TPSA) is 230 Å². The minimum Gasteiger partial charge on any atom is -0.478 e. The van der Waals surface area contributed by atoms with Crippen LogP contribution in [0.5, 0.6) is 0 Å². The quantitative estimate of drug-likeness (QED) is 0.0238. The smallest absolute Gasteiger partial charge is 0.414 e. The van der Waals surface area contributed by atoms with E-state index in [9.17, 15) is 19.2 Å². The number of carbonyl (C=O) groups excluding carboxylic acids is 4. The molecule has 2 rings (SSSR count). The standard InChI is InChI=1S/C36H61N7O11/c1-23(44)39-27-24(40-31(41-32(46)53-34(2,3)4)42-33(47)54-35(5,6)7)21-25(30(45)48-10)51-29(27)28(26-22-50-36(8,9)52-26)49-20-18-16-14-12-11-13-15-17-19-38-43-37/h21,24,26-29H,11-20,22H2,1-10H3,(H,39,44)(H2,40,41,42,46,47)/t24-,26+,27+,28+,29+/m0/s1. The van der Waals surface area contributed by atoms with E-state index < -0.39 is 71.4 Å². The normalized spacial score (nSPS) is 21.3. The van der Waals surface area contributed by atoms with Gasteiger partial charge in [-0.1, -0.05) is 43.6 Å². The maximum Gasteiger partial charge on any atom is 0.414 e. The lowest BCUT2D eigenvalue weighted by Crippen LogP contribution is -2.61. The molecule has 0 spiro atoms. The average Bonchev–Trinajstić information content (AvgIpc) is 3.40. The number of aliphatic imine (C=N–C) groups is 1. The zero-order valence-corrected chi connectivity index (χ0v) is 33.5. The summed E-state index contributed by atoms with van der Waals surface area (Å²) in [6, 6.07) is -2.17. The van der Waals surface area contributed by atoms with Crippen LogP contribution in [-0.2, 0) is 42.7 Å². The number of nitrogens with zero attached hydrogens (tertiary/aromatic N) is 4. The molecule has 0 bridgehead atoms. The SMILES string of the molecule is COC(=O)C1=C[C@H](N=C(NC(=O)OC(C)(C)C)NC(=O)OC(C)(C)C)[C@@H](NC(C)=O)[C@H]([C@H](OCCCCCCCCCCN=[N+]=[N-])[C@H]2COC(C)(C)O2)O1.